The van der Waals surface area contributed by atoms with Crippen molar-refractivity contribution < 1.29 is 0 Å². The lowest BCUT2D eigenvalue weighted by molar-refractivity contribution is 0.371. The molecule has 1 saturated heterocycles. The van der Waals surface area contributed by atoms with Crippen molar-refractivity contribution in [1.29, 1.82) is 0 Å². The summed E-state index contributed by atoms with van der Waals surface area (Å²) in [5.74, 6) is 2.16. The summed E-state index contributed by atoms with van der Waals surface area (Å²) in [7, 11) is 4.29. The van der Waals surface area contributed by atoms with E-state index in [4.69, 9.17) is 0 Å². The van der Waals surface area contributed by atoms with Crippen LogP contribution in [0.15, 0.2) is 6.33 Å². The number of aromatic nitrogens is 2. The molecule has 21 heavy (non-hydrogen) atoms. The van der Waals surface area contributed by atoms with E-state index in [-0.39, 0.29) is 0 Å². The van der Waals surface area contributed by atoms with Gasteiger partial charge in [0.1, 0.15) is 18.0 Å². The third-order valence-corrected chi connectivity index (χ3v) is 3.99. The van der Waals surface area contributed by atoms with Crippen LogP contribution < -0.4 is 10.2 Å². The largest absolute Gasteiger partial charge is 0.370 e. The minimum atomic E-state index is 0.569. The summed E-state index contributed by atoms with van der Waals surface area (Å²) in [4.78, 5) is 13.8. The average Bonchev–Trinajstić information content (AvgIpc) is 2.88. The third kappa shape index (κ3) is 3.84. The van der Waals surface area contributed by atoms with E-state index in [0.29, 0.717) is 6.04 Å². The summed E-state index contributed by atoms with van der Waals surface area (Å²) in [6.07, 6.45) is 6.36. The number of rotatable bonds is 7. The van der Waals surface area contributed by atoms with E-state index in [1.807, 2.05) is 0 Å². The number of hydrogen-bond donors (Lipinski definition) is 1. The molecule has 0 aromatic carbocycles. The molecular formula is C16H29N5. The van der Waals surface area contributed by atoms with Crippen LogP contribution in [0.1, 0.15) is 38.7 Å². The first kappa shape index (κ1) is 16.0. The number of nitrogens with one attached hydrogen (secondary N) is 1. The van der Waals surface area contributed by atoms with Crippen LogP contribution in [-0.4, -0.2) is 54.6 Å². The highest BCUT2D eigenvalue weighted by molar-refractivity contribution is 5.59. The molecule has 2 rings (SSSR count). The van der Waals surface area contributed by atoms with Gasteiger partial charge in [-0.3, -0.25) is 0 Å². The van der Waals surface area contributed by atoms with Crippen LogP contribution >= 0.6 is 0 Å². The van der Waals surface area contributed by atoms with Crippen molar-refractivity contribution in [3.63, 3.8) is 0 Å². The first-order valence-electron chi connectivity index (χ1n) is 8.16. The number of likely N-dealkylation sites (N-methyl/N-ethyl adjacent to an activating group) is 1. The maximum absolute atomic E-state index is 4.64. The Kier molecular flexibility index (Phi) is 5.79. The van der Waals surface area contributed by atoms with Crippen LogP contribution in [-0.2, 0) is 6.42 Å². The van der Waals surface area contributed by atoms with Gasteiger partial charge in [0.05, 0.1) is 0 Å². The fraction of sp³-hybridized carbons (Fsp3) is 0.750. The molecule has 0 radical (unpaired) electrons. The normalized spacial score (nSPS) is 18.5. The zero-order valence-electron chi connectivity index (χ0n) is 13.9. The first-order valence-corrected chi connectivity index (χ1v) is 8.16. The smallest absolute Gasteiger partial charge is 0.137 e. The Balaban J connectivity index is 2.30. The molecule has 1 aliphatic rings. The van der Waals surface area contributed by atoms with Gasteiger partial charge in [-0.1, -0.05) is 13.3 Å². The molecule has 1 unspecified atom stereocenters. The summed E-state index contributed by atoms with van der Waals surface area (Å²) in [5.41, 5.74) is 1.28. The highest BCUT2D eigenvalue weighted by Gasteiger charge is 2.28. The van der Waals surface area contributed by atoms with Gasteiger partial charge in [-0.2, -0.15) is 0 Å². The Morgan fingerprint density at radius 1 is 1.33 bits per heavy atom. The SMILES string of the molecule is CCCc1c(NCC)ncnc1N1CCCC1CN(C)C. The topological polar surface area (TPSA) is 44.3 Å². The van der Waals surface area contributed by atoms with Crippen molar-refractivity contribution in [3.8, 4) is 0 Å². The summed E-state index contributed by atoms with van der Waals surface area (Å²) >= 11 is 0. The van der Waals surface area contributed by atoms with Crippen molar-refractivity contribution in [3.05, 3.63) is 11.9 Å². The number of anilines is 2. The van der Waals surface area contributed by atoms with Crippen molar-refractivity contribution in [2.45, 2.75) is 45.6 Å². The van der Waals surface area contributed by atoms with Crippen LogP contribution in [0.25, 0.3) is 0 Å². The highest BCUT2D eigenvalue weighted by atomic mass is 15.3. The van der Waals surface area contributed by atoms with E-state index in [9.17, 15) is 0 Å². The number of nitrogens with zero attached hydrogens (tertiary/aromatic N) is 4. The average molecular weight is 291 g/mol. The summed E-state index contributed by atoms with van der Waals surface area (Å²) in [5, 5.41) is 3.39. The molecule has 1 aliphatic heterocycles. The molecule has 0 saturated carbocycles. The zero-order chi connectivity index (χ0) is 15.2. The van der Waals surface area contributed by atoms with Gasteiger partial charge in [0.25, 0.3) is 0 Å². The third-order valence-electron chi connectivity index (χ3n) is 3.99. The standard InChI is InChI=1S/C16H29N5/c1-5-8-14-15(17-6-2)18-12-19-16(14)21-10-7-9-13(21)11-20(3)4/h12-13H,5-11H2,1-4H3,(H,17,18,19). The maximum Gasteiger partial charge on any atom is 0.137 e. The second-order valence-corrected chi connectivity index (χ2v) is 6.06. The van der Waals surface area contributed by atoms with Gasteiger partial charge in [0.15, 0.2) is 0 Å². The molecule has 1 atom stereocenters. The Bertz CT molecular complexity index is 446. The first-order chi connectivity index (χ1) is 10.2. The summed E-state index contributed by atoms with van der Waals surface area (Å²) < 4.78 is 0. The van der Waals surface area contributed by atoms with Gasteiger partial charge >= 0.3 is 0 Å². The molecule has 5 nitrogen and oxygen atoms in total. The van der Waals surface area contributed by atoms with E-state index < -0.39 is 0 Å². The molecule has 5 heteroatoms. The van der Waals surface area contributed by atoms with E-state index >= 15 is 0 Å². The number of hydrogen-bond acceptors (Lipinski definition) is 5. The molecule has 1 fully saturated rings. The molecule has 0 amide bonds. The highest BCUT2D eigenvalue weighted by Crippen LogP contribution is 2.30. The van der Waals surface area contributed by atoms with Gasteiger partial charge in [0, 0.05) is 31.2 Å². The molecule has 118 valence electrons. The van der Waals surface area contributed by atoms with Crippen LogP contribution in [0.3, 0.4) is 0 Å². The molecular weight excluding hydrogens is 262 g/mol. The maximum atomic E-state index is 4.64. The fourth-order valence-corrected chi connectivity index (χ4v) is 3.18. The minimum Gasteiger partial charge on any atom is -0.370 e. The summed E-state index contributed by atoms with van der Waals surface area (Å²) in [6.45, 7) is 7.42. The van der Waals surface area contributed by atoms with Gasteiger partial charge in [-0.05, 0) is 40.3 Å². The van der Waals surface area contributed by atoms with Crippen molar-refractivity contribution in [2.75, 3.05) is 43.9 Å². The second kappa shape index (κ2) is 7.59. The zero-order valence-corrected chi connectivity index (χ0v) is 13.9. The molecule has 0 spiro atoms. The quantitative estimate of drug-likeness (QED) is 0.835. The van der Waals surface area contributed by atoms with Crippen molar-refractivity contribution >= 4 is 11.6 Å². The van der Waals surface area contributed by atoms with E-state index in [0.717, 1.165) is 44.1 Å². The minimum absolute atomic E-state index is 0.569. The molecule has 1 aromatic rings. The fourth-order valence-electron chi connectivity index (χ4n) is 3.18. The Morgan fingerprint density at radius 2 is 2.14 bits per heavy atom. The molecule has 1 aromatic heterocycles. The monoisotopic (exact) mass is 291 g/mol. The van der Waals surface area contributed by atoms with Crippen molar-refractivity contribution in [1.82, 2.24) is 14.9 Å². The molecule has 1 N–H and O–H groups in total. The van der Waals surface area contributed by atoms with E-state index in [1.165, 1.54) is 18.4 Å². The lowest BCUT2D eigenvalue weighted by Gasteiger charge is -2.30. The van der Waals surface area contributed by atoms with Crippen molar-refractivity contribution in [2.24, 2.45) is 0 Å². The van der Waals surface area contributed by atoms with Crippen LogP contribution in [0.2, 0.25) is 0 Å². The predicted molar refractivity (Wildman–Crippen MR) is 89.1 cm³/mol. The van der Waals surface area contributed by atoms with Gasteiger partial charge in [-0.25, -0.2) is 9.97 Å². The van der Waals surface area contributed by atoms with Crippen LogP contribution in [0.4, 0.5) is 11.6 Å². The molecule has 2 heterocycles. The van der Waals surface area contributed by atoms with Crippen LogP contribution in [0, 0.1) is 0 Å². The Hall–Kier alpha value is -1.36. The van der Waals surface area contributed by atoms with Crippen LogP contribution in [0.5, 0.6) is 0 Å². The Labute approximate surface area is 128 Å². The lowest BCUT2D eigenvalue weighted by Crippen LogP contribution is -2.38. The van der Waals surface area contributed by atoms with Gasteiger partial charge in [0.2, 0.25) is 0 Å². The molecule has 0 aliphatic carbocycles. The van der Waals surface area contributed by atoms with E-state index in [2.05, 4.69) is 53.0 Å². The second-order valence-electron chi connectivity index (χ2n) is 6.06. The predicted octanol–water partition coefficient (Wildman–Crippen LogP) is 2.39. The van der Waals surface area contributed by atoms with E-state index in [1.54, 1.807) is 6.33 Å². The lowest BCUT2D eigenvalue weighted by atomic mass is 10.1. The van der Waals surface area contributed by atoms with Gasteiger partial charge < -0.3 is 15.1 Å². The summed E-state index contributed by atoms with van der Waals surface area (Å²) in [6, 6.07) is 0.569. The molecule has 0 bridgehead atoms. The Morgan fingerprint density at radius 3 is 2.81 bits per heavy atom. The van der Waals surface area contributed by atoms with Gasteiger partial charge in [-0.15, -0.1) is 0 Å².